The predicted molar refractivity (Wildman–Crippen MR) is 48.4 cm³/mol. The number of aryl methyl sites for hydroxylation is 1. The van der Waals surface area contributed by atoms with Crippen molar-refractivity contribution < 1.29 is 4.55 Å². The van der Waals surface area contributed by atoms with Crippen LogP contribution in [0, 0.1) is 0 Å². The quantitative estimate of drug-likeness (QED) is 0.680. The maximum atomic E-state index is 11.3. The molecule has 2 nitrogen and oxygen atoms in total. The first-order chi connectivity index (χ1) is 5.29. The summed E-state index contributed by atoms with van der Waals surface area (Å²) in [7, 11) is 0. The fourth-order valence-corrected chi connectivity index (χ4v) is 2.85. The lowest BCUT2D eigenvalue weighted by molar-refractivity contribution is 0.595. The maximum absolute atomic E-state index is 11.3. The summed E-state index contributed by atoms with van der Waals surface area (Å²) in [5, 5.41) is 1.89. The highest BCUT2D eigenvalue weighted by atomic mass is 32.2. The van der Waals surface area contributed by atoms with Gasteiger partial charge in [0.15, 0.2) is 4.90 Å². The van der Waals surface area contributed by atoms with Gasteiger partial charge in [0.2, 0.25) is 0 Å². The minimum absolute atomic E-state index is 0.686. The molecule has 1 heterocycles. The topological polar surface area (TPSA) is 36.0 Å². The monoisotopic (exact) mass is 189 g/mol. The molecule has 0 aliphatic carbocycles. The van der Waals surface area contributed by atoms with Crippen molar-refractivity contribution in [2.75, 3.05) is 5.75 Å². The van der Waals surface area contributed by atoms with E-state index >= 15 is 0 Å². The standard InChI is InChI=1S/C7H11NOS2/c1-3-6-7(5-10-8-6)11(9)4-2/h5H,3-4H2,1-2H3. The smallest absolute Gasteiger partial charge is 0.186 e. The molecule has 1 aromatic heterocycles. The van der Waals surface area contributed by atoms with Crippen molar-refractivity contribution in [3.63, 3.8) is 0 Å². The third kappa shape index (κ3) is 1.95. The third-order valence-electron chi connectivity index (χ3n) is 1.45. The number of aromatic nitrogens is 1. The molecule has 0 radical (unpaired) electrons. The van der Waals surface area contributed by atoms with Gasteiger partial charge in [0.1, 0.15) is 11.4 Å². The van der Waals surface area contributed by atoms with Crippen molar-refractivity contribution in [3.8, 4) is 0 Å². The summed E-state index contributed by atoms with van der Waals surface area (Å²) in [5.74, 6) is 0.686. The Morgan fingerprint density at radius 1 is 1.64 bits per heavy atom. The molecule has 11 heavy (non-hydrogen) atoms. The molecule has 0 fully saturated rings. The van der Waals surface area contributed by atoms with Crippen molar-refractivity contribution in [2.45, 2.75) is 25.2 Å². The van der Waals surface area contributed by atoms with Crippen LogP contribution in [0.3, 0.4) is 0 Å². The molecule has 1 aromatic rings. The van der Waals surface area contributed by atoms with E-state index < -0.39 is 11.2 Å². The molecule has 0 aromatic carbocycles. The van der Waals surface area contributed by atoms with E-state index in [0.717, 1.165) is 17.0 Å². The molecule has 62 valence electrons. The first-order valence-corrected chi connectivity index (χ1v) is 5.76. The Morgan fingerprint density at radius 2 is 2.36 bits per heavy atom. The molecule has 0 amide bonds. The van der Waals surface area contributed by atoms with Crippen LogP contribution in [0.25, 0.3) is 0 Å². The second-order valence-electron chi connectivity index (χ2n) is 2.11. The van der Waals surface area contributed by atoms with Crippen LogP contribution in [0.1, 0.15) is 19.5 Å². The van der Waals surface area contributed by atoms with E-state index in [9.17, 15) is 4.55 Å². The molecular formula is C7H11NOS2. The first-order valence-electron chi connectivity index (χ1n) is 3.61. The Kier molecular flexibility index (Phi) is 3.36. The van der Waals surface area contributed by atoms with Gasteiger partial charge >= 0.3 is 0 Å². The zero-order chi connectivity index (χ0) is 8.27. The van der Waals surface area contributed by atoms with Crippen LogP contribution in [0.2, 0.25) is 0 Å². The average Bonchev–Trinajstić information content (AvgIpc) is 2.50. The number of hydrogen-bond donors (Lipinski definition) is 0. The summed E-state index contributed by atoms with van der Waals surface area (Å²) in [4.78, 5) is 0.931. The van der Waals surface area contributed by atoms with Crippen LogP contribution in [0.5, 0.6) is 0 Å². The highest BCUT2D eigenvalue weighted by Gasteiger charge is 2.14. The molecule has 4 heteroatoms. The second kappa shape index (κ2) is 4.09. The van der Waals surface area contributed by atoms with Gasteiger partial charge in [0.25, 0.3) is 0 Å². The number of rotatable bonds is 3. The van der Waals surface area contributed by atoms with Crippen LogP contribution >= 0.6 is 11.5 Å². The van der Waals surface area contributed by atoms with Crippen LogP contribution in [-0.2, 0) is 17.6 Å². The molecule has 1 atom stereocenters. The van der Waals surface area contributed by atoms with E-state index in [1.54, 1.807) is 0 Å². The summed E-state index contributed by atoms with van der Waals surface area (Å²) < 4.78 is 15.5. The lowest BCUT2D eigenvalue weighted by Crippen LogP contribution is -2.05. The highest BCUT2D eigenvalue weighted by Crippen LogP contribution is 2.18. The van der Waals surface area contributed by atoms with Crippen LogP contribution in [-0.4, -0.2) is 14.7 Å². The fourth-order valence-electron chi connectivity index (χ4n) is 0.830. The maximum Gasteiger partial charge on any atom is 0.186 e. The van der Waals surface area contributed by atoms with E-state index in [4.69, 9.17) is 0 Å². The zero-order valence-electron chi connectivity index (χ0n) is 6.66. The Balaban J connectivity index is 2.83. The predicted octanol–water partition coefficient (Wildman–Crippen LogP) is 1.83. The fraction of sp³-hybridized carbons (Fsp3) is 0.571. The molecule has 0 saturated carbocycles. The van der Waals surface area contributed by atoms with Crippen molar-refractivity contribution in [3.05, 3.63) is 11.1 Å². The number of hydrogen-bond acceptors (Lipinski definition) is 3. The normalized spacial score (nSPS) is 13.4. The van der Waals surface area contributed by atoms with Crippen molar-refractivity contribution >= 4 is 22.7 Å². The Labute approximate surface area is 74.0 Å². The molecule has 1 rings (SSSR count). The van der Waals surface area contributed by atoms with E-state index in [0.29, 0.717) is 5.75 Å². The third-order valence-corrected chi connectivity index (χ3v) is 3.63. The lowest BCUT2D eigenvalue weighted by atomic mass is 10.3. The van der Waals surface area contributed by atoms with Gasteiger partial charge in [-0.1, -0.05) is 6.92 Å². The van der Waals surface area contributed by atoms with E-state index in [2.05, 4.69) is 4.37 Å². The van der Waals surface area contributed by atoms with E-state index in [-0.39, 0.29) is 0 Å². The van der Waals surface area contributed by atoms with Crippen molar-refractivity contribution in [2.24, 2.45) is 0 Å². The summed E-state index contributed by atoms with van der Waals surface area (Å²) in [6.45, 7) is 3.96. The molecule has 0 saturated heterocycles. The van der Waals surface area contributed by atoms with Crippen LogP contribution in [0.4, 0.5) is 0 Å². The molecule has 0 aliphatic heterocycles. The first kappa shape index (κ1) is 9.03. The van der Waals surface area contributed by atoms with Gasteiger partial charge in [-0.25, -0.2) is 0 Å². The Hall–Kier alpha value is -0.0600. The summed E-state index contributed by atoms with van der Waals surface area (Å²) >= 11 is 0.569. The van der Waals surface area contributed by atoms with E-state index in [1.807, 2.05) is 19.2 Å². The average molecular weight is 189 g/mol. The zero-order valence-corrected chi connectivity index (χ0v) is 8.30. The lowest BCUT2D eigenvalue weighted by Gasteiger charge is -2.05. The minimum Gasteiger partial charge on any atom is -0.611 e. The summed E-state index contributed by atoms with van der Waals surface area (Å²) in [6.07, 6.45) is 0.880. The minimum atomic E-state index is -0.823. The van der Waals surface area contributed by atoms with Gasteiger partial charge in [-0.3, -0.25) is 0 Å². The SMILES string of the molecule is CCc1nscc1[S+]([O-])CC. The molecular weight excluding hydrogens is 178 g/mol. The van der Waals surface area contributed by atoms with Gasteiger partial charge < -0.3 is 4.55 Å². The van der Waals surface area contributed by atoms with Gasteiger partial charge in [0.05, 0.1) is 5.38 Å². The molecule has 1 unspecified atom stereocenters. The van der Waals surface area contributed by atoms with Gasteiger partial charge in [0, 0.05) is 0 Å². The van der Waals surface area contributed by atoms with Crippen LogP contribution < -0.4 is 0 Å². The second-order valence-corrected chi connectivity index (χ2v) is 4.45. The molecule has 0 N–H and O–H groups in total. The van der Waals surface area contributed by atoms with Gasteiger partial charge in [-0.2, -0.15) is 4.37 Å². The molecule has 0 bridgehead atoms. The van der Waals surface area contributed by atoms with Crippen molar-refractivity contribution in [1.82, 2.24) is 4.37 Å². The molecule has 0 spiro atoms. The van der Waals surface area contributed by atoms with Gasteiger partial charge in [-0.05, 0) is 36.1 Å². The summed E-state index contributed by atoms with van der Waals surface area (Å²) in [6, 6.07) is 0. The Morgan fingerprint density at radius 3 is 2.91 bits per heavy atom. The molecule has 0 aliphatic rings. The number of nitrogens with zero attached hydrogens (tertiary/aromatic N) is 1. The van der Waals surface area contributed by atoms with Crippen LogP contribution in [0.15, 0.2) is 10.3 Å². The Bertz CT molecular complexity index is 224. The van der Waals surface area contributed by atoms with Gasteiger partial charge in [-0.15, -0.1) is 0 Å². The van der Waals surface area contributed by atoms with Crippen molar-refractivity contribution in [1.29, 1.82) is 0 Å². The highest BCUT2D eigenvalue weighted by molar-refractivity contribution is 7.91. The van der Waals surface area contributed by atoms with E-state index in [1.165, 1.54) is 11.5 Å². The largest absolute Gasteiger partial charge is 0.611 e. The summed E-state index contributed by atoms with van der Waals surface area (Å²) in [5.41, 5.74) is 0.996.